The fraction of sp³-hybridized carbons (Fsp3) is 0.214. The molecule has 0 saturated heterocycles. The first-order valence-electron chi connectivity index (χ1n) is 5.41. The Morgan fingerprint density at radius 3 is 2.50 bits per heavy atom. The number of nitrogens with two attached hydrogens (primary N) is 1. The molecule has 0 unspecified atom stereocenters. The van der Waals surface area contributed by atoms with Gasteiger partial charge < -0.3 is 5.73 Å². The molecule has 1 heterocycles. The number of aromatic nitrogens is 1. The van der Waals surface area contributed by atoms with Crippen molar-refractivity contribution in [3.8, 4) is 0 Å². The maximum absolute atomic E-state index is 6.20. The highest BCUT2D eigenvalue weighted by molar-refractivity contribution is 5.35. The highest BCUT2D eigenvalue weighted by Gasteiger charge is 2.09. The molecule has 0 aliphatic rings. The molecule has 2 N–H and O–H groups in total. The van der Waals surface area contributed by atoms with Crippen molar-refractivity contribution < 1.29 is 0 Å². The highest BCUT2D eigenvalue weighted by Crippen LogP contribution is 2.20. The summed E-state index contributed by atoms with van der Waals surface area (Å²) < 4.78 is 0. The van der Waals surface area contributed by atoms with Crippen LogP contribution in [0.1, 0.15) is 28.3 Å². The molecule has 0 saturated carbocycles. The van der Waals surface area contributed by atoms with Crippen molar-refractivity contribution in [1.82, 2.24) is 4.98 Å². The fourth-order valence-corrected chi connectivity index (χ4v) is 1.71. The normalized spacial score (nSPS) is 12.4. The summed E-state index contributed by atoms with van der Waals surface area (Å²) in [4.78, 5) is 4.09. The highest BCUT2D eigenvalue weighted by atomic mass is 14.7. The molecule has 1 atom stereocenters. The molecule has 2 heteroatoms. The van der Waals surface area contributed by atoms with Crippen molar-refractivity contribution >= 4 is 0 Å². The first-order valence-corrected chi connectivity index (χ1v) is 5.41. The lowest BCUT2D eigenvalue weighted by Crippen LogP contribution is -2.12. The lowest BCUT2D eigenvalue weighted by molar-refractivity contribution is 0.860. The van der Waals surface area contributed by atoms with Gasteiger partial charge in [0.25, 0.3) is 0 Å². The van der Waals surface area contributed by atoms with E-state index in [0.29, 0.717) is 0 Å². The second kappa shape index (κ2) is 4.45. The zero-order chi connectivity index (χ0) is 11.5. The predicted octanol–water partition coefficient (Wildman–Crippen LogP) is 2.75. The van der Waals surface area contributed by atoms with Crippen LogP contribution in [0.25, 0.3) is 0 Å². The first kappa shape index (κ1) is 10.8. The average molecular weight is 212 g/mol. The Bertz CT molecular complexity index is 477. The van der Waals surface area contributed by atoms with E-state index in [0.717, 1.165) is 11.1 Å². The molecule has 0 fully saturated rings. The van der Waals surface area contributed by atoms with E-state index in [2.05, 4.69) is 37.0 Å². The molecule has 2 rings (SSSR count). The van der Waals surface area contributed by atoms with Gasteiger partial charge in [-0.25, -0.2) is 0 Å². The number of hydrogen-bond acceptors (Lipinski definition) is 2. The Kier molecular flexibility index (Phi) is 3.02. The van der Waals surface area contributed by atoms with Crippen molar-refractivity contribution in [1.29, 1.82) is 0 Å². The molecular formula is C14H16N2. The number of aryl methyl sites for hydroxylation is 2. The quantitative estimate of drug-likeness (QED) is 0.831. The van der Waals surface area contributed by atoms with Gasteiger partial charge in [-0.2, -0.15) is 0 Å². The van der Waals surface area contributed by atoms with Gasteiger partial charge >= 0.3 is 0 Å². The molecule has 2 aromatic rings. The molecule has 16 heavy (non-hydrogen) atoms. The van der Waals surface area contributed by atoms with Crippen LogP contribution in [-0.4, -0.2) is 4.98 Å². The van der Waals surface area contributed by atoms with Crippen molar-refractivity contribution in [2.75, 3.05) is 0 Å². The average Bonchev–Trinajstić information content (AvgIpc) is 2.33. The topological polar surface area (TPSA) is 38.9 Å². The Morgan fingerprint density at radius 1 is 1.06 bits per heavy atom. The Morgan fingerprint density at radius 2 is 1.88 bits per heavy atom. The van der Waals surface area contributed by atoms with E-state index < -0.39 is 0 Å². The van der Waals surface area contributed by atoms with Crippen LogP contribution in [0.2, 0.25) is 0 Å². The standard InChI is InChI=1S/C14H16N2/c1-10-5-6-12(8-11(10)2)14(15)13-4-3-7-16-9-13/h3-9,14H,15H2,1-2H3/t14-/m1/s1. The van der Waals surface area contributed by atoms with E-state index in [1.165, 1.54) is 11.1 Å². The third-order valence-electron chi connectivity index (χ3n) is 2.93. The summed E-state index contributed by atoms with van der Waals surface area (Å²) in [5.41, 5.74) is 10.9. The van der Waals surface area contributed by atoms with Gasteiger partial charge in [0.15, 0.2) is 0 Å². The van der Waals surface area contributed by atoms with Crippen LogP contribution in [0.3, 0.4) is 0 Å². The molecular weight excluding hydrogens is 196 g/mol. The summed E-state index contributed by atoms with van der Waals surface area (Å²) in [6.07, 6.45) is 3.58. The number of benzene rings is 1. The second-order valence-corrected chi connectivity index (χ2v) is 4.11. The van der Waals surface area contributed by atoms with Gasteiger partial charge in [0.05, 0.1) is 6.04 Å². The van der Waals surface area contributed by atoms with Crippen LogP contribution in [-0.2, 0) is 0 Å². The number of rotatable bonds is 2. The van der Waals surface area contributed by atoms with Crippen LogP contribution >= 0.6 is 0 Å². The molecule has 1 aromatic carbocycles. The van der Waals surface area contributed by atoms with E-state index in [1.54, 1.807) is 6.20 Å². The minimum Gasteiger partial charge on any atom is -0.320 e. The minimum atomic E-state index is -0.0898. The molecule has 0 aliphatic heterocycles. The molecule has 0 radical (unpaired) electrons. The molecule has 82 valence electrons. The van der Waals surface area contributed by atoms with Gasteiger partial charge in [-0.1, -0.05) is 24.3 Å². The maximum atomic E-state index is 6.20. The summed E-state index contributed by atoms with van der Waals surface area (Å²) in [6.45, 7) is 4.21. The van der Waals surface area contributed by atoms with Gasteiger partial charge in [0.2, 0.25) is 0 Å². The molecule has 0 aliphatic carbocycles. The summed E-state index contributed by atoms with van der Waals surface area (Å²) in [5, 5.41) is 0. The van der Waals surface area contributed by atoms with E-state index >= 15 is 0 Å². The predicted molar refractivity (Wildman–Crippen MR) is 66.2 cm³/mol. The summed E-state index contributed by atoms with van der Waals surface area (Å²) >= 11 is 0. The van der Waals surface area contributed by atoms with Gasteiger partial charge in [0.1, 0.15) is 0 Å². The smallest absolute Gasteiger partial charge is 0.0567 e. The minimum absolute atomic E-state index is 0.0898. The largest absolute Gasteiger partial charge is 0.320 e. The third-order valence-corrected chi connectivity index (χ3v) is 2.93. The monoisotopic (exact) mass is 212 g/mol. The summed E-state index contributed by atoms with van der Waals surface area (Å²) in [5.74, 6) is 0. The van der Waals surface area contributed by atoms with Crippen LogP contribution in [0.15, 0.2) is 42.7 Å². The zero-order valence-electron chi connectivity index (χ0n) is 9.64. The van der Waals surface area contributed by atoms with Gasteiger partial charge in [-0.3, -0.25) is 4.98 Å². The van der Waals surface area contributed by atoms with E-state index in [4.69, 9.17) is 5.73 Å². The molecule has 2 nitrogen and oxygen atoms in total. The second-order valence-electron chi connectivity index (χ2n) is 4.11. The van der Waals surface area contributed by atoms with Gasteiger partial charge in [-0.05, 0) is 42.2 Å². The molecule has 0 spiro atoms. The van der Waals surface area contributed by atoms with Crippen molar-refractivity contribution in [2.45, 2.75) is 19.9 Å². The van der Waals surface area contributed by atoms with Crippen LogP contribution in [0, 0.1) is 13.8 Å². The maximum Gasteiger partial charge on any atom is 0.0567 e. The zero-order valence-corrected chi connectivity index (χ0v) is 9.64. The molecule has 0 amide bonds. The summed E-state index contributed by atoms with van der Waals surface area (Å²) in [7, 11) is 0. The van der Waals surface area contributed by atoms with Gasteiger partial charge in [0, 0.05) is 12.4 Å². The van der Waals surface area contributed by atoms with Crippen LogP contribution in [0.4, 0.5) is 0 Å². The number of nitrogens with zero attached hydrogens (tertiary/aromatic N) is 1. The Balaban J connectivity index is 2.34. The lowest BCUT2D eigenvalue weighted by atomic mass is 9.97. The lowest BCUT2D eigenvalue weighted by Gasteiger charge is -2.13. The third kappa shape index (κ3) is 2.12. The van der Waals surface area contributed by atoms with Crippen molar-refractivity contribution in [3.05, 3.63) is 65.0 Å². The van der Waals surface area contributed by atoms with E-state index in [9.17, 15) is 0 Å². The van der Waals surface area contributed by atoms with Crippen molar-refractivity contribution in [2.24, 2.45) is 5.73 Å². The molecule has 0 bridgehead atoms. The Hall–Kier alpha value is -1.67. The summed E-state index contributed by atoms with van der Waals surface area (Å²) in [6, 6.07) is 10.2. The van der Waals surface area contributed by atoms with Crippen molar-refractivity contribution in [3.63, 3.8) is 0 Å². The molecule has 1 aromatic heterocycles. The van der Waals surface area contributed by atoms with E-state index in [-0.39, 0.29) is 6.04 Å². The fourth-order valence-electron chi connectivity index (χ4n) is 1.71. The van der Waals surface area contributed by atoms with Crippen LogP contribution in [0.5, 0.6) is 0 Å². The number of pyridine rings is 1. The number of hydrogen-bond donors (Lipinski definition) is 1. The first-order chi connectivity index (χ1) is 7.68. The Labute approximate surface area is 96.1 Å². The van der Waals surface area contributed by atoms with E-state index in [1.807, 2.05) is 18.3 Å². The van der Waals surface area contributed by atoms with Gasteiger partial charge in [-0.15, -0.1) is 0 Å². The van der Waals surface area contributed by atoms with Crippen LogP contribution < -0.4 is 5.73 Å². The SMILES string of the molecule is Cc1ccc([C@@H](N)c2cccnc2)cc1C.